The first kappa shape index (κ1) is 12.7. The fourth-order valence-corrected chi connectivity index (χ4v) is 3.21. The molecule has 0 amide bonds. The minimum Gasteiger partial charge on any atom is -0.354 e. The van der Waals surface area contributed by atoms with Crippen LogP contribution in [-0.4, -0.2) is 28.6 Å². The zero-order valence-electron chi connectivity index (χ0n) is 10.8. The van der Waals surface area contributed by atoms with Crippen molar-refractivity contribution >= 4 is 17.6 Å². The Morgan fingerprint density at radius 2 is 2.29 bits per heavy atom. The molecule has 0 spiro atoms. The number of anilines is 1. The van der Waals surface area contributed by atoms with E-state index in [4.69, 9.17) is 5.73 Å². The van der Waals surface area contributed by atoms with Crippen molar-refractivity contribution in [3.05, 3.63) is 23.9 Å². The smallest absolute Gasteiger partial charge is 0.128 e. The Hall–Kier alpha value is -0.740. The molecule has 2 N–H and O–H groups in total. The zero-order valence-corrected chi connectivity index (χ0v) is 11.6. The average Bonchev–Trinajstić information content (AvgIpc) is 2.28. The van der Waals surface area contributed by atoms with Crippen molar-refractivity contribution in [3.63, 3.8) is 0 Å². The highest BCUT2D eigenvalue weighted by Crippen LogP contribution is 2.31. The van der Waals surface area contributed by atoms with Crippen LogP contribution in [0.2, 0.25) is 0 Å². The molecule has 2 heterocycles. The van der Waals surface area contributed by atoms with Gasteiger partial charge in [-0.2, -0.15) is 11.8 Å². The third kappa shape index (κ3) is 3.13. The van der Waals surface area contributed by atoms with E-state index in [9.17, 15) is 0 Å². The summed E-state index contributed by atoms with van der Waals surface area (Å²) in [4.78, 5) is 6.84. The van der Waals surface area contributed by atoms with Gasteiger partial charge in [0.2, 0.25) is 0 Å². The molecule has 94 valence electrons. The van der Waals surface area contributed by atoms with Crippen LogP contribution in [0.4, 0.5) is 5.82 Å². The molecule has 0 aromatic carbocycles. The first-order valence-electron chi connectivity index (χ1n) is 6.08. The monoisotopic (exact) mass is 251 g/mol. The standard InChI is InChI=1S/C13H21N3S/c1-10(14)11-4-5-15-12(8-11)16-6-7-17-13(2,3)9-16/h4-5,8,10H,6-7,9,14H2,1-3H3/t10-/m1/s1. The van der Waals surface area contributed by atoms with Crippen LogP contribution < -0.4 is 10.6 Å². The maximum Gasteiger partial charge on any atom is 0.128 e. The molecule has 4 heteroatoms. The second kappa shape index (κ2) is 4.86. The topological polar surface area (TPSA) is 42.1 Å². The molecule has 0 saturated carbocycles. The van der Waals surface area contributed by atoms with Crippen molar-refractivity contribution in [1.29, 1.82) is 0 Å². The average molecular weight is 251 g/mol. The van der Waals surface area contributed by atoms with E-state index in [1.165, 1.54) is 0 Å². The van der Waals surface area contributed by atoms with Gasteiger partial charge in [0.15, 0.2) is 0 Å². The molecule has 0 bridgehead atoms. The van der Waals surface area contributed by atoms with Gasteiger partial charge in [-0.3, -0.25) is 0 Å². The van der Waals surface area contributed by atoms with Crippen LogP contribution in [0, 0.1) is 0 Å². The summed E-state index contributed by atoms with van der Waals surface area (Å²) >= 11 is 2.04. The van der Waals surface area contributed by atoms with Crippen molar-refractivity contribution in [2.24, 2.45) is 5.73 Å². The van der Waals surface area contributed by atoms with E-state index in [1.807, 2.05) is 30.9 Å². The Morgan fingerprint density at radius 1 is 1.53 bits per heavy atom. The van der Waals surface area contributed by atoms with E-state index in [0.29, 0.717) is 4.75 Å². The SMILES string of the molecule is C[C@@H](N)c1ccnc(N2CCSC(C)(C)C2)c1. The maximum atomic E-state index is 5.92. The van der Waals surface area contributed by atoms with E-state index in [0.717, 1.165) is 30.2 Å². The third-order valence-corrected chi connectivity index (χ3v) is 4.34. The lowest BCUT2D eigenvalue weighted by Gasteiger charge is -2.38. The number of pyridine rings is 1. The zero-order chi connectivity index (χ0) is 12.5. The van der Waals surface area contributed by atoms with Crippen LogP contribution in [0.1, 0.15) is 32.4 Å². The number of rotatable bonds is 2. The first-order valence-corrected chi connectivity index (χ1v) is 7.07. The molecule has 1 fully saturated rings. The molecule has 1 aliphatic heterocycles. The van der Waals surface area contributed by atoms with Crippen LogP contribution in [0.3, 0.4) is 0 Å². The van der Waals surface area contributed by atoms with Gasteiger partial charge >= 0.3 is 0 Å². The van der Waals surface area contributed by atoms with Crippen LogP contribution >= 0.6 is 11.8 Å². The van der Waals surface area contributed by atoms with Crippen molar-refractivity contribution in [3.8, 4) is 0 Å². The van der Waals surface area contributed by atoms with Crippen LogP contribution in [0.15, 0.2) is 18.3 Å². The van der Waals surface area contributed by atoms with Crippen molar-refractivity contribution in [2.45, 2.75) is 31.6 Å². The van der Waals surface area contributed by atoms with Crippen molar-refractivity contribution in [2.75, 3.05) is 23.7 Å². The van der Waals surface area contributed by atoms with Gasteiger partial charge in [0.25, 0.3) is 0 Å². The summed E-state index contributed by atoms with van der Waals surface area (Å²) in [7, 11) is 0. The summed E-state index contributed by atoms with van der Waals surface area (Å²) < 4.78 is 0.310. The van der Waals surface area contributed by atoms with Crippen LogP contribution in [0.5, 0.6) is 0 Å². The highest BCUT2D eigenvalue weighted by atomic mass is 32.2. The number of aromatic nitrogens is 1. The number of thioether (sulfide) groups is 1. The van der Waals surface area contributed by atoms with E-state index < -0.39 is 0 Å². The Kier molecular flexibility index (Phi) is 3.64. The van der Waals surface area contributed by atoms with Gasteiger partial charge < -0.3 is 10.6 Å². The normalized spacial score (nSPS) is 21.3. The molecule has 1 atom stereocenters. The Labute approximate surface area is 108 Å². The van der Waals surface area contributed by atoms with E-state index in [2.05, 4.69) is 29.8 Å². The molecule has 1 aliphatic rings. The molecule has 0 aliphatic carbocycles. The second-order valence-corrected chi connectivity index (χ2v) is 7.07. The van der Waals surface area contributed by atoms with Crippen LogP contribution in [-0.2, 0) is 0 Å². The van der Waals surface area contributed by atoms with E-state index in [-0.39, 0.29) is 6.04 Å². The van der Waals surface area contributed by atoms with Gasteiger partial charge in [-0.05, 0) is 38.5 Å². The predicted octanol–water partition coefficient (Wildman–Crippen LogP) is 2.43. The molecule has 1 saturated heterocycles. The second-order valence-electron chi connectivity index (χ2n) is 5.27. The molecule has 3 nitrogen and oxygen atoms in total. The number of hydrogen-bond donors (Lipinski definition) is 1. The largest absolute Gasteiger partial charge is 0.354 e. The summed E-state index contributed by atoms with van der Waals surface area (Å²) in [6, 6.07) is 4.19. The molecule has 17 heavy (non-hydrogen) atoms. The van der Waals surface area contributed by atoms with Gasteiger partial charge in [0.1, 0.15) is 5.82 Å². The molecular formula is C13H21N3S. The van der Waals surface area contributed by atoms with Crippen molar-refractivity contribution in [1.82, 2.24) is 4.98 Å². The number of hydrogen-bond acceptors (Lipinski definition) is 4. The van der Waals surface area contributed by atoms with Gasteiger partial charge in [-0.1, -0.05) is 0 Å². The fourth-order valence-electron chi connectivity index (χ4n) is 2.10. The van der Waals surface area contributed by atoms with Gasteiger partial charge in [-0.25, -0.2) is 4.98 Å². The molecule has 1 aromatic heterocycles. The molecule has 2 rings (SSSR count). The Balaban J connectivity index is 2.19. The lowest BCUT2D eigenvalue weighted by Crippen LogP contribution is -2.43. The highest BCUT2D eigenvalue weighted by molar-refractivity contribution is 8.00. The Morgan fingerprint density at radius 3 is 2.94 bits per heavy atom. The maximum absolute atomic E-state index is 5.92. The lowest BCUT2D eigenvalue weighted by atomic mass is 10.1. The van der Waals surface area contributed by atoms with Gasteiger partial charge in [0.05, 0.1) is 0 Å². The first-order chi connectivity index (χ1) is 7.98. The summed E-state index contributed by atoms with van der Waals surface area (Å²) in [5, 5.41) is 0. The predicted molar refractivity (Wildman–Crippen MR) is 75.6 cm³/mol. The van der Waals surface area contributed by atoms with Gasteiger partial charge in [0, 0.05) is 35.8 Å². The quantitative estimate of drug-likeness (QED) is 0.876. The summed E-state index contributed by atoms with van der Waals surface area (Å²) in [5.74, 6) is 2.23. The highest BCUT2D eigenvalue weighted by Gasteiger charge is 2.27. The minimum absolute atomic E-state index is 0.0731. The van der Waals surface area contributed by atoms with Crippen molar-refractivity contribution < 1.29 is 0 Å². The Bertz CT molecular complexity index is 390. The third-order valence-electron chi connectivity index (χ3n) is 3.04. The molecule has 0 unspecified atom stereocenters. The number of nitrogens with two attached hydrogens (primary N) is 1. The van der Waals surface area contributed by atoms with Gasteiger partial charge in [-0.15, -0.1) is 0 Å². The molecule has 1 aromatic rings. The van der Waals surface area contributed by atoms with Crippen LogP contribution in [0.25, 0.3) is 0 Å². The summed E-state index contributed by atoms with van der Waals surface area (Å²) in [5.41, 5.74) is 7.07. The number of nitrogens with zero attached hydrogens (tertiary/aromatic N) is 2. The van der Waals surface area contributed by atoms with E-state index >= 15 is 0 Å². The fraction of sp³-hybridized carbons (Fsp3) is 0.615. The summed E-state index contributed by atoms with van der Waals surface area (Å²) in [6.45, 7) is 8.71. The molecular weight excluding hydrogens is 230 g/mol. The van der Waals surface area contributed by atoms with E-state index in [1.54, 1.807) is 0 Å². The molecule has 0 radical (unpaired) electrons. The lowest BCUT2D eigenvalue weighted by molar-refractivity contribution is 0.641. The minimum atomic E-state index is 0.0731. The summed E-state index contributed by atoms with van der Waals surface area (Å²) in [6.07, 6.45) is 1.86.